The van der Waals surface area contributed by atoms with Gasteiger partial charge in [0.05, 0.1) is 18.3 Å². The SMILES string of the molecule is CCNCC(=O)NC(C)c1c(C)noc1C. The second-order valence-corrected chi connectivity index (χ2v) is 3.81. The minimum absolute atomic E-state index is 0.0191. The summed E-state index contributed by atoms with van der Waals surface area (Å²) in [7, 11) is 0. The molecule has 0 saturated heterocycles. The van der Waals surface area contributed by atoms with E-state index in [9.17, 15) is 4.79 Å². The zero-order valence-corrected chi connectivity index (χ0v) is 10.3. The molecule has 1 amide bonds. The number of aryl methyl sites for hydroxylation is 2. The fourth-order valence-corrected chi connectivity index (χ4v) is 1.71. The lowest BCUT2D eigenvalue weighted by Gasteiger charge is -2.13. The fraction of sp³-hybridized carbons (Fsp3) is 0.636. The van der Waals surface area contributed by atoms with Crippen LogP contribution in [0.1, 0.15) is 36.9 Å². The Kier molecular flexibility index (Phi) is 4.49. The van der Waals surface area contributed by atoms with E-state index in [1.165, 1.54) is 0 Å². The van der Waals surface area contributed by atoms with Crippen molar-refractivity contribution in [1.29, 1.82) is 0 Å². The van der Waals surface area contributed by atoms with Crippen LogP contribution in [0.15, 0.2) is 4.52 Å². The van der Waals surface area contributed by atoms with Gasteiger partial charge in [-0.2, -0.15) is 0 Å². The summed E-state index contributed by atoms with van der Waals surface area (Å²) >= 11 is 0. The Morgan fingerprint density at radius 1 is 1.50 bits per heavy atom. The molecular weight excluding hydrogens is 206 g/mol. The van der Waals surface area contributed by atoms with Crippen molar-refractivity contribution < 1.29 is 9.32 Å². The third kappa shape index (κ3) is 3.06. The number of likely N-dealkylation sites (N-methyl/N-ethyl adjacent to an activating group) is 1. The maximum atomic E-state index is 11.5. The van der Waals surface area contributed by atoms with Crippen molar-refractivity contribution >= 4 is 5.91 Å². The molecule has 0 aliphatic carbocycles. The van der Waals surface area contributed by atoms with Crippen LogP contribution in [-0.2, 0) is 4.79 Å². The largest absolute Gasteiger partial charge is 0.361 e. The monoisotopic (exact) mass is 225 g/mol. The van der Waals surface area contributed by atoms with Gasteiger partial charge in [-0.15, -0.1) is 0 Å². The first kappa shape index (κ1) is 12.7. The molecule has 1 rings (SSSR count). The summed E-state index contributed by atoms with van der Waals surface area (Å²) in [6.07, 6.45) is 0. The van der Waals surface area contributed by atoms with Crippen LogP contribution in [0.25, 0.3) is 0 Å². The maximum absolute atomic E-state index is 11.5. The Labute approximate surface area is 95.6 Å². The van der Waals surface area contributed by atoms with E-state index in [0.29, 0.717) is 6.54 Å². The van der Waals surface area contributed by atoms with Crippen molar-refractivity contribution in [2.75, 3.05) is 13.1 Å². The Morgan fingerprint density at radius 2 is 2.19 bits per heavy atom. The van der Waals surface area contributed by atoms with Gasteiger partial charge in [-0.3, -0.25) is 4.79 Å². The van der Waals surface area contributed by atoms with Gasteiger partial charge in [-0.05, 0) is 27.3 Å². The van der Waals surface area contributed by atoms with Gasteiger partial charge < -0.3 is 15.2 Å². The van der Waals surface area contributed by atoms with E-state index in [2.05, 4.69) is 15.8 Å². The quantitative estimate of drug-likeness (QED) is 0.787. The first-order valence-electron chi connectivity index (χ1n) is 5.49. The number of rotatable bonds is 5. The zero-order chi connectivity index (χ0) is 12.1. The van der Waals surface area contributed by atoms with Crippen molar-refractivity contribution in [3.05, 3.63) is 17.0 Å². The molecule has 16 heavy (non-hydrogen) atoms. The van der Waals surface area contributed by atoms with Gasteiger partial charge in [0.25, 0.3) is 0 Å². The normalized spacial score (nSPS) is 12.5. The van der Waals surface area contributed by atoms with Crippen LogP contribution in [0.5, 0.6) is 0 Å². The van der Waals surface area contributed by atoms with Gasteiger partial charge in [0.15, 0.2) is 0 Å². The summed E-state index contributed by atoms with van der Waals surface area (Å²) < 4.78 is 5.06. The number of nitrogens with one attached hydrogen (secondary N) is 2. The van der Waals surface area contributed by atoms with Crippen LogP contribution in [-0.4, -0.2) is 24.2 Å². The molecule has 1 atom stereocenters. The first-order valence-corrected chi connectivity index (χ1v) is 5.49. The molecule has 2 N–H and O–H groups in total. The van der Waals surface area contributed by atoms with Gasteiger partial charge in [0, 0.05) is 5.56 Å². The highest BCUT2D eigenvalue weighted by molar-refractivity contribution is 5.78. The molecule has 5 nitrogen and oxygen atoms in total. The Hall–Kier alpha value is -1.36. The standard InChI is InChI=1S/C11H19N3O2/c1-5-12-6-10(15)13-7(2)11-8(3)14-16-9(11)4/h7,12H,5-6H2,1-4H3,(H,13,15). The van der Waals surface area contributed by atoms with E-state index in [1.54, 1.807) is 0 Å². The summed E-state index contributed by atoms with van der Waals surface area (Å²) in [5, 5.41) is 9.74. The van der Waals surface area contributed by atoms with Crippen molar-refractivity contribution in [2.24, 2.45) is 0 Å². The Balaban J connectivity index is 2.58. The molecule has 5 heteroatoms. The van der Waals surface area contributed by atoms with Gasteiger partial charge in [-0.25, -0.2) is 0 Å². The summed E-state index contributed by atoms with van der Waals surface area (Å²) in [5.74, 6) is 0.739. The number of hydrogen-bond donors (Lipinski definition) is 2. The molecule has 1 unspecified atom stereocenters. The third-order valence-corrected chi connectivity index (χ3v) is 2.43. The molecule has 90 valence electrons. The second kappa shape index (κ2) is 5.65. The van der Waals surface area contributed by atoms with E-state index in [0.717, 1.165) is 23.6 Å². The van der Waals surface area contributed by atoms with Crippen molar-refractivity contribution in [2.45, 2.75) is 33.7 Å². The summed E-state index contributed by atoms with van der Waals surface area (Å²) in [6.45, 7) is 8.74. The van der Waals surface area contributed by atoms with Crippen LogP contribution >= 0.6 is 0 Å². The molecule has 1 aromatic heterocycles. The third-order valence-electron chi connectivity index (χ3n) is 2.43. The summed E-state index contributed by atoms with van der Waals surface area (Å²) in [4.78, 5) is 11.5. The highest BCUT2D eigenvalue weighted by Gasteiger charge is 2.17. The molecular formula is C11H19N3O2. The number of amides is 1. The maximum Gasteiger partial charge on any atom is 0.234 e. The van der Waals surface area contributed by atoms with E-state index >= 15 is 0 Å². The molecule has 0 aliphatic rings. The summed E-state index contributed by atoms with van der Waals surface area (Å²) in [5.41, 5.74) is 1.79. The van der Waals surface area contributed by atoms with Gasteiger partial charge in [0.1, 0.15) is 5.76 Å². The van der Waals surface area contributed by atoms with Gasteiger partial charge in [0.2, 0.25) is 5.91 Å². The van der Waals surface area contributed by atoms with Gasteiger partial charge >= 0.3 is 0 Å². The first-order chi connectivity index (χ1) is 7.56. The van der Waals surface area contributed by atoms with Gasteiger partial charge in [-0.1, -0.05) is 12.1 Å². The Bertz CT molecular complexity index is 341. The second-order valence-electron chi connectivity index (χ2n) is 3.81. The minimum atomic E-state index is -0.0718. The minimum Gasteiger partial charge on any atom is -0.361 e. The smallest absolute Gasteiger partial charge is 0.234 e. The fourth-order valence-electron chi connectivity index (χ4n) is 1.71. The molecule has 1 aromatic rings. The molecule has 0 spiro atoms. The molecule has 0 saturated carbocycles. The van der Waals surface area contributed by atoms with Crippen LogP contribution in [0.2, 0.25) is 0 Å². The predicted molar refractivity (Wildman–Crippen MR) is 61.1 cm³/mol. The summed E-state index contributed by atoms with van der Waals surface area (Å²) in [6, 6.07) is -0.0718. The van der Waals surface area contributed by atoms with Crippen molar-refractivity contribution in [3.8, 4) is 0 Å². The number of carbonyl (C=O) groups excluding carboxylic acids is 1. The average Bonchev–Trinajstić information content (AvgIpc) is 2.55. The number of nitrogens with zero attached hydrogens (tertiary/aromatic N) is 1. The number of carbonyl (C=O) groups is 1. The highest BCUT2D eigenvalue weighted by Crippen LogP contribution is 2.20. The topological polar surface area (TPSA) is 67.2 Å². The average molecular weight is 225 g/mol. The molecule has 0 radical (unpaired) electrons. The predicted octanol–water partition coefficient (Wildman–Crippen LogP) is 1.08. The molecule has 0 aliphatic heterocycles. The van der Waals surface area contributed by atoms with E-state index in [-0.39, 0.29) is 11.9 Å². The Morgan fingerprint density at radius 3 is 2.69 bits per heavy atom. The van der Waals surface area contributed by atoms with Crippen LogP contribution < -0.4 is 10.6 Å². The zero-order valence-electron chi connectivity index (χ0n) is 10.3. The van der Waals surface area contributed by atoms with Crippen LogP contribution in [0, 0.1) is 13.8 Å². The lowest BCUT2D eigenvalue weighted by atomic mass is 10.1. The van der Waals surface area contributed by atoms with E-state index in [4.69, 9.17) is 4.52 Å². The molecule has 1 heterocycles. The van der Waals surface area contributed by atoms with E-state index in [1.807, 2.05) is 27.7 Å². The van der Waals surface area contributed by atoms with E-state index < -0.39 is 0 Å². The highest BCUT2D eigenvalue weighted by atomic mass is 16.5. The van der Waals surface area contributed by atoms with Crippen LogP contribution in [0.4, 0.5) is 0 Å². The van der Waals surface area contributed by atoms with Crippen molar-refractivity contribution in [1.82, 2.24) is 15.8 Å². The number of hydrogen-bond acceptors (Lipinski definition) is 4. The lowest BCUT2D eigenvalue weighted by molar-refractivity contribution is -0.120. The van der Waals surface area contributed by atoms with Crippen molar-refractivity contribution in [3.63, 3.8) is 0 Å². The molecule has 0 bridgehead atoms. The van der Waals surface area contributed by atoms with Crippen LogP contribution in [0.3, 0.4) is 0 Å². The number of aromatic nitrogens is 1. The molecule has 0 aromatic carbocycles. The molecule has 0 fully saturated rings. The lowest BCUT2D eigenvalue weighted by Crippen LogP contribution is -2.35.